The smallest absolute Gasteiger partial charge is 0.217 e. The zero-order valence-electron chi connectivity index (χ0n) is 9.36. The normalized spacial score (nSPS) is 15.7. The van der Waals surface area contributed by atoms with Crippen molar-refractivity contribution >= 4 is 5.91 Å². The average Bonchev–Trinajstić information content (AvgIpc) is 2.10. The van der Waals surface area contributed by atoms with Gasteiger partial charge in [-0.3, -0.25) is 14.6 Å². The summed E-state index contributed by atoms with van der Waals surface area (Å²) >= 11 is 0. The second-order valence-corrected chi connectivity index (χ2v) is 3.65. The number of hydrogen-bond donors (Lipinski definition) is 2. The molecular weight excluding hydrogens is 196 g/mol. The second kappa shape index (κ2) is 7.10. The molecule has 1 fully saturated rings. The highest BCUT2D eigenvalue weighted by atomic mass is 17.1. The van der Waals surface area contributed by atoms with Crippen molar-refractivity contribution in [2.24, 2.45) is 0 Å². The summed E-state index contributed by atoms with van der Waals surface area (Å²) in [6, 6.07) is 1.01. The molecule has 0 unspecified atom stereocenters. The van der Waals surface area contributed by atoms with Crippen LogP contribution in [0.1, 0.15) is 20.8 Å². The van der Waals surface area contributed by atoms with Gasteiger partial charge < -0.3 is 5.32 Å². The Bertz CT molecular complexity index is 229. The number of likely N-dealkylation sites (tertiary alicyclic amines) is 1. The van der Waals surface area contributed by atoms with E-state index in [4.69, 9.17) is 5.26 Å². The van der Waals surface area contributed by atoms with E-state index in [1.807, 2.05) is 0 Å². The molecule has 0 aromatic carbocycles. The van der Waals surface area contributed by atoms with Crippen LogP contribution in [0.2, 0.25) is 0 Å². The van der Waals surface area contributed by atoms with Gasteiger partial charge in [-0.1, -0.05) is 6.42 Å². The molecule has 1 rings (SSSR count). The van der Waals surface area contributed by atoms with Crippen molar-refractivity contribution in [3.05, 3.63) is 0 Å². The van der Waals surface area contributed by atoms with Crippen LogP contribution in [0.25, 0.3) is 0 Å². The fraction of sp³-hybridized carbons (Fsp3) is 0.700. The zero-order chi connectivity index (χ0) is 11.8. The van der Waals surface area contributed by atoms with Crippen molar-refractivity contribution in [3.63, 3.8) is 0 Å². The van der Waals surface area contributed by atoms with E-state index in [1.165, 1.54) is 6.11 Å². The van der Waals surface area contributed by atoms with Gasteiger partial charge in [0.25, 0.3) is 0 Å². The average molecular weight is 214 g/mol. The molecule has 0 bridgehead atoms. The zero-order valence-corrected chi connectivity index (χ0v) is 9.36. The molecule has 15 heavy (non-hydrogen) atoms. The van der Waals surface area contributed by atoms with Crippen molar-refractivity contribution in [2.75, 3.05) is 13.1 Å². The van der Waals surface area contributed by atoms with Crippen LogP contribution in [0.15, 0.2) is 0 Å². The van der Waals surface area contributed by atoms with Crippen LogP contribution in [0.3, 0.4) is 0 Å². The van der Waals surface area contributed by atoms with E-state index in [9.17, 15) is 4.79 Å². The second-order valence-electron chi connectivity index (χ2n) is 3.65. The third-order valence-corrected chi connectivity index (χ3v) is 2.10. The molecule has 0 spiro atoms. The van der Waals surface area contributed by atoms with E-state index >= 15 is 0 Å². The maximum atomic E-state index is 10.6. The van der Waals surface area contributed by atoms with Gasteiger partial charge in [-0.2, -0.15) is 5.26 Å². The van der Waals surface area contributed by atoms with Gasteiger partial charge in [0.05, 0.1) is 6.04 Å². The van der Waals surface area contributed by atoms with Crippen molar-refractivity contribution < 1.29 is 14.9 Å². The molecule has 2 N–H and O–H groups in total. The molecule has 86 valence electrons. The number of hydrogen-bond acceptors (Lipinski definition) is 4. The summed E-state index contributed by atoms with van der Waals surface area (Å²) in [4.78, 5) is 16.0. The van der Waals surface area contributed by atoms with Crippen molar-refractivity contribution in [3.8, 4) is 12.5 Å². The number of amides is 1. The largest absolute Gasteiger partial charge is 0.351 e. The Balaban J connectivity index is 0.000000423. The summed E-state index contributed by atoms with van der Waals surface area (Å²) in [5.74, 6) is 0.0819. The molecule has 0 radical (unpaired) electrons. The molecule has 1 amide bonds. The lowest BCUT2D eigenvalue weighted by atomic mass is 10.1. The molecular formula is C10H18N2O3. The fourth-order valence-electron chi connectivity index (χ4n) is 1.31. The Kier molecular flexibility index (Phi) is 6.50. The highest BCUT2D eigenvalue weighted by Crippen LogP contribution is 2.10. The molecule has 5 heteroatoms. The van der Waals surface area contributed by atoms with Crippen LogP contribution >= 0.6 is 0 Å². The summed E-state index contributed by atoms with van der Waals surface area (Å²) < 4.78 is 0. The van der Waals surface area contributed by atoms with E-state index in [2.05, 4.69) is 35.4 Å². The van der Waals surface area contributed by atoms with Gasteiger partial charge in [-0.25, -0.2) is 0 Å². The highest BCUT2D eigenvalue weighted by Gasteiger charge is 2.28. The predicted octanol–water partition coefficient (Wildman–Crippen LogP) is 0.282. The predicted molar refractivity (Wildman–Crippen MR) is 56.9 cm³/mol. The Hall–Kier alpha value is -1.25. The molecule has 0 aromatic heterocycles. The van der Waals surface area contributed by atoms with E-state index in [-0.39, 0.29) is 5.91 Å². The standard InChI is InChI=1S/C8H16N2O.C2H2O2/c1-6(2)10-4-8(5-10)9-7(3)11;1-2-4-3/h6,8H,4-5H2,1-3H3,(H,9,11);1,3H. The van der Waals surface area contributed by atoms with Crippen molar-refractivity contribution in [1.29, 1.82) is 0 Å². The van der Waals surface area contributed by atoms with Crippen LogP contribution in [0.4, 0.5) is 0 Å². The van der Waals surface area contributed by atoms with Crippen LogP contribution in [0, 0.1) is 12.5 Å². The van der Waals surface area contributed by atoms with E-state index in [0.717, 1.165) is 13.1 Å². The molecule has 0 aliphatic carbocycles. The van der Waals surface area contributed by atoms with E-state index < -0.39 is 0 Å². The fourth-order valence-corrected chi connectivity index (χ4v) is 1.31. The molecule has 0 saturated carbocycles. The summed E-state index contributed by atoms with van der Waals surface area (Å²) in [5.41, 5.74) is 0. The molecule has 0 aromatic rings. The summed E-state index contributed by atoms with van der Waals surface area (Å²) in [6.07, 6.45) is 5.79. The van der Waals surface area contributed by atoms with Gasteiger partial charge in [0.1, 0.15) is 0 Å². The molecule has 1 heterocycles. The van der Waals surface area contributed by atoms with Gasteiger partial charge in [0, 0.05) is 26.1 Å². The molecule has 1 saturated heterocycles. The summed E-state index contributed by atoms with van der Waals surface area (Å²) in [5, 5.41) is 10.0. The highest BCUT2D eigenvalue weighted by molar-refractivity contribution is 5.73. The third-order valence-electron chi connectivity index (χ3n) is 2.10. The van der Waals surface area contributed by atoms with Crippen molar-refractivity contribution in [1.82, 2.24) is 10.2 Å². The quantitative estimate of drug-likeness (QED) is 0.394. The number of carbonyl (C=O) groups excluding carboxylic acids is 1. The number of nitrogens with one attached hydrogen (secondary N) is 1. The minimum Gasteiger partial charge on any atom is -0.351 e. The first-order valence-electron chi connectivity index (χ1n) is 4.78. The number of terminal acetylenes is 1. The first kappa shape index (κ1) is 13.8. The lowest BCUT2D eigenvalue weighted by Crippen LogP contribution is -2.60. The Morgan fingerprint density at radius 3 is 2.40 bits per heavy atom. The van der Waals surface area contributed by atoms with E-state index in [1.54, 1.807) is 6.92 Å². The van der Waals surface area contributed by atoms with E-state index in [0.29, 0.717) is 12.1 Å². The first-order chi connectivity index (χ1) is 7.01. The summed E-state index contributed by atoms with van der Waals surface area (Å²) in [7, 11) is 0. The van der Waals surface area contributed by atoms with Gasteiger partial charge in [-0.15, -0.1) is 0 Å². The first-order valence-corrected chi connectivity index (χ1v) is 4.78. The Morgan fingerprint density at radius 2 is 2.13 bits per heavy atom. The van der Waals surface area contributed by atoms with Crippen LogP contribution in [-0.4, -0.2) is 41.2 Å². The molecule has 5 nitrogen and oxygen atoms in total. The van der Waals surface area contributed by atoms with Gasteiger partial charge in [0.2, 0.25) is 5.91 Å². The lowest BCUT2D eigenvalue weighted by molar-refractivity contribution is -0.171. The third kappa shape index (κ3) is 5.94. The van der Waals surface area contributed by atoms with Gasteiger partial charge in [-0.05, 0) is 13.8 Å². The molecule has 0 atom stereocenters. The lowest BCUT2D eigenvalue weighted by Gasteiger charge is -2.42. The summed E-state index contributed by atoms with van der Waals surface area (Å²) in [6.45, 7) is 7.93. The maximum Gasteiger partial charge on any atom is 0.217 e. The number of nitrogens with zero attached hydrogens (tertiary/aromatic N) is 1. The van der Waals surface area contributed by atoms with Crippen LogP contribution in [0.5, 0.6) is 0 Å². The van der Waals surface area contributed by atoms with Gasteiger partial charge >= 0.3 is 0 Å². The monoisotopic (exact) mass is 214 g/mol. The minimum absolute atomic E-state index is 0.0819. The van der Waals surface area contributed by atoms with Crippen molar-refractivity contribution in [2.45, 2.75) is 32.9 Å². The van der Waals surface area contributed by atoms with Crippen LogP contribution < -0.4 is 5.32 Å². The SMILES string of the molecule is C#COO.CC(=O)NC1CN(C(C)C)C1. The Morgan fingerprint density at radius 1 is 1.67 bits per heavy atom. The molecule has 1 aliphatic rings. The van der Waals surface area contributed by atoms with Crippen LogP contribution in [-0.2, 0) is 9.68 Å². The number of rotatable bonds is 2. The minimum atomic E-state index is 0.0819. The van der Waals surface area contributed by atoms with Gasteiger partial charge in [0.15, 0.2) is 6.11 Å². The Labute approximate surface area is 90.3 Å². The maximum absolute atomic E-state index is 10.6. The topological polar surface area (TPSA) is 61.8 Å². The number of carbonyl (C=O) groups is 1. The molecule has 1 aliphatic heterocycles.